The zero-order valence-corrected chi connectivity index (χ0v) is 14.5. The van der Waals surface area contributed by atoms with Gasteiger partial charge in [0.25, 0.3) is 0 Å². The van der Waals surface area contributed by atoms with E-state index < -0.39 is 81.7 Å². The normalized spacial score (nSPS) is 24.9. The second kappa shape index (κ2) is 6.39. The third-order valence-corrected chi connectivity index (χ3v) is 4.96. The van der Waals surface area contributed by atoms with Gasteiger partial charge in [0, 0.05) is 6.07 Å². The van der Waals surface area contributed by atoms with Gasteiger partial charge in [-0.1, -0.05) is 0 Å². The highest BCUT2D eigenvalue weighted by molar-refractivity contribution is 5.99. The second-order valence-corrected chi connectivity index (χ2v) is 6.73. The Morgan fingerprint density at radius 1 is 0.862 bits per heavy atom. The lowest BCUT2D eigenvalue weighted by atomic mass is 9.92. The van der Waals surface area contributed by atoms with Crippen LogP contribution in [0.3, 0.4) is 0 Å². The molecule has 1 fully saturated rings. The van der Waals surface area contributed by atoms with E-state index in [1.165, 1.54) is 0 Å². The van der Waals surface area contributed by atoms with Crippen molar-refractivity contribution in [1.29, 1.82) is 0 Å². The number of aromatic hydroxyl groups is 5. The average molecular weight is 408 g/mol. The quantitative estimate of drug-likeness (QED) is 0.148. The van der Waals surface area contributed by atoms with E-state index in [9.17, 15) is 45.6 Å². The van der Waals surface area contributed by atoms with Gasteiger partial charge in [0.05, 0.1) is 17.6 Å². The molecule has 1 aliphatic heterocycles. The van der Waals surface area contributed by atoms with E-state index in [0.29, 0.717) is 0 Å². The number of fused-ring (bicyclic) bond motifs is 2. The third kappa shape index (κ3) is 2.63. The predicted octanol–water partition coefficient (Wildman–Crippen LogP) is -0.372. The highest BCUT2D eigenvalue weighted by atomic mass is 16.5. The van der Waals surface area contributed by atoms with Crippen LogP contribution in [0.2, 0.25) is 0 Å². The molecular formula is C18H16O11. The monoisotopic (exact) mass is 408 g/mol. The van der Waals surface area contributed by atoms with Gasteiger partial charge in [0.2, 0.25) is 11.2 Å². The minimum absolute atomic E-state index is 0.243. The molecule has 0 saturated carbocycles. The maximum absolute atomic E-state index is 12.9. The van der Waals surface area contributed by atoms with Crippen LogP contribution in [-0.4, -0.2) is 65.8 Å². The Kier molecular flexibility index (Phi) is 4.20. The van der Waals surface area contributed by atoms with Crippen LogP contribution in [0.25, 0.3) is 21.9 Å². The van der Waals surface area contributed by atoms with Gasteiger partial charge in [-0.15, -0.1) is 0 Å². The number of phenols is 5. The van der Waals surface area contributed by atoms with Crippen LogP contribution < -0.4 is 5.43 Å². The smallest absolute Gasteiger partial charge is 0.204 e. The molecule has 4 rings (SSSR count). The summed E-state index contributed by atoms with van der Waals surface area (Å²) in [7, 11) is 0. The second-order valence-electron chi connectivity index (χ2n) is 6.73. The van der Waals surface area contributed by atoms with Crippen molar-refractivity contribution in [2.75, 3.05) is 6.61 Å². The van der Waals surface area contributed by atoms with E-state index in [1.54, 1.807) is 0 Å². The van der Waals surface area contributed by atoms with Crippen LogP contribution in [0.1, 0.15) is 11.7 Å². The van der Waals surface area contributed by atoms with Gasteiger partial charge in [-0.2, -0.15) is 0 Å². The van der Waals surface area contributed by atoms with Crippen molar-refractivity contribution < 1.29 is 50.0 Å². The van der Waals surface area contributed by atoms with Gasteiger partial charge in [-0.3, -0.25) is 4.79 Å². The van der Waals surface area contributed by atoms with Crippen LogP contribution in [0.4, 0.5) is 0 Å². The van der Waals surface area contributed by atoms with Crippen molar-refractivity contribution in [3.63, 3.8) is 0 Å². The third-order valence-electron chi connectivity index (χ3n) is 4.96. The predicted molar refractivity (Wildman–Crippen MR) is 95.0 cm³/mol. The van der Waals surface area contributed by atoms with E-state index in [4.69, 9.17) is 9.15 Å². The Bertz CT molecular complexity index is 1200. The molecule has 8 N–H and O–H groups in total. The number of benzene rings is 2. The first-order valence-electron chi connectivity index (χ1n) is 8.38. The zero-order chi connectivity index (χ0) is 21.2. The molecule has 3 aromatic rings. The highest BCUT2D eigenvalue weighted by Crippen LogP contribution is 2.49. The summed E-state index contributed by atoms with van der Waals surface area (Å²) in [5, 5.41) is 79.4. The van der Waals surface area contributed by atoms with E-state index in [-0.39, 0.29) is 11.0 Å². The number of hydrogen-bond acceptors (Lipinski definition) is 11. The Hall–Kier alpha value is -3.25. The molecule has 29 heavy (non-hydrogen) atoms. The summed E-state index contributed by atoms with van der Waals surface area (Å²) in [6, 6.07) is 1.81. The highest BCUT2D eigenvalue weighted by Gasteiger charge is 2.42. The van der Waals surface area contributed by atoms with E-state index in [2.05, 4.69) is 0 Å². The maximum Gasteiger partial charge on any atom is 0.204 e. The maximum atomic E-state index is 12.9. The fourth-order valence-electron chi connectivity index (χ4n) is 3.41. The number of aliphatic hydroxyl groups excluding tert-OH is 3. The number of aliphatic hydroxyl groups is 3. The summed E-state index contributed by atoms with van der Waals surface area (Å²) in [6.45, 7) is -0.458. The summed E-state index contributed by atoms with van der Waals surface area (Å²) in [5.41, 5.74) is -2.37. The molecule has 11 nitrogen and oxygen atoms in total. The fourth-order valence-corrected chi connectivity index (χ4v) is 3.41. The van der Waals surface area contributed by atoms with Crippen LogP contribution >= 0.6 is 0 Å². The van der Waals surface area contributed by atoms with Gasteiger partial charge in [-0.25, -0.2) is 0 Å². The van der Waals surface area contributed by atoms with Crippen molar-refractivity contribution in [2.24, 2.45) is 0 Å². The number of phenolic OH excluding ortho intramolecular Hbond substituents is 5. The lowest BCUT2D eigenvalue weighted by Gasteiger charge is -2.36. The topological polar surface area (TPSA) is 201 Å². The van der Waals surface area contributed by atoms with Crippen LogP contribution in [0.5, 0.6) is 28.7 Å². The molecule has 0 amide bonds. The van der Waals surface area contributed by atoms with Crippen molar-refractivity contribution in [3.05, 3.63) is 27.9 Å². The molecule has 0 radical (unpaired) electrons. The minimum Gasteiger partial charge on any atom is -0.506 e. The van der Waals surface area contributed by atoms with Crippen LogP contribution in [-0.2, 0) is 4.74 Å². The number of ether oxygens (including phenoxy) is 1. The van der Waals surface area contributed by atoms with E-state index in [0.717, 1.165) is 12.1 Å². The minimum atomic E-state index is -1.80. The first-order valence-corrected chi connectivity index (χ1v) is 8.38. The molecule has 1 saturated heterocycles. The van der Waals surface area contributed by atoms with Crippen molar-refractivity contribution in [2.45, 2.75) is 24.4 Å². The van der Waals surface area contributed by atoms with E-state index in [1.807, 2.05) is 0 Å². The molecule has 4 atom stereocenters. The SMILES string of the molecule is O=c1c2cc(O)c(O)cc2oc2c(O)c(O)c([C@@H]3OC[C@@H](O)[C@H](O)[C@H]3O)c(O)c12. The Balaban J connectivity index is 2.06. The molecule has 11 heteroatoms. The molecular weight excluding hydrogens is 392 g/mol. The fraction of sp³-hybridized carbons (Fsp3) is 0.278. The number of hydrogen-bond donors (Lipinski definition) is 8. The Morgan fingerprint density at radius 2 is 1.52 bits per heavy atom. The number of rotatable bonds is 1. The molecule has 2 aromatic carbocycles. The Labute approximate surface area is 160 Å². The summed E-state index contributed by atoms with van der Waals surface area (Å²) in [4.78, 5) is 12.9. The lowest BCUT2D eigenvalue weighted by molar-refractivity contribution is -0.189. The summed E-state index contributed by atoms with van der Waals surface area (Å²) < 4.78 is 10.5. The molecule has 0 aliphatic carbocycles. The Morgan fingerprint density at radius 3 is 2.21 bits per heavy atom. The molecule has 0 bridgehead atoms. The largest absolute Gasteiger partial charge is 0.506 e. The van der Waals surface area contributed by atoms with Crippen LogP contribution in [0.15, 0.2) is 21.3 Å². The average Bonchev–Trinajstić information content (AvgIpc) is 2.67. The van der Waals surface area contributed by atoms with Gasteiger partial charge in [0.15, 0.2) is 22.8 Å². The molecule has 0 unspecified atom stereocenters. The molecule has 2 heterocycles. The molecule has 154 valence electrons. The summed E-state index contributed by atoms with van der Waals surface area (Å²) >= 11 is 0. The van der Waals surface area contributed by atoms with Gasteiger partial charge in [0.1, 0.15) is 41.1 Å². The van der Waals surface area contributed by atoms with Gasteiger partial charge < -0.3 is 50.0 Å². The summed E-state index contributed by atoms with van der Waals surface area (Å²) in [5.74, 6) is -4.07. The lowest BCUT2D eigenvalue weighted by Crippen LogP contribution is -2.49. The standard InChI is InChI=1S/C18H16O11/c19-5-1-4-8(2-6(5)20)29-18-9(11(4)22)13(24)10(14(25)16(18)27)17-15(26)12(23)7(21)3-28-17/h1-2,7,12,15,17,19-21,23-27H,3H2/t7-,12+,15-,17+/m1/s1. The first-order chi connectivity index (χ1) is 13.6. The van der Waals surface area contributed by atoms with Crippen molar-refractivity contribution in [3.8, 4) is 28.7 Å². The van der Waals surface area contributed by atoms with Gasteiger partial charge in [-0.05, 0) is 6.07 Å². The van der Waals surface area contributed by atoms with Crippen LogP contribution in [0, 0.1) is 0 Å². The summed E-state index contributed by atoms with van der Waals surface area (Å²) in [6.07, 6.45) is -6.50. The molecule has 1 aliphatic rings. The van der Waals surface area contributed by atoms with Crippen molar-refractivity contribution >= 4 is 21.9 Å². The molecule has 1 aromatic heterocycles. The van der Waals surface area contributed by atoms with Crippen molar-refractivity contribution in [1.82, 2.24) is 0 Å². The van der Waals surface area contributed by atoms with Gasteiger partial charge >= 0.3 is 0 Å². The van der Waals surface area contributed by atoms with E-state index >= 15 is 0 Å². The molecule has 0 spiro atoms. The first kappa shape index (κ1) is 19.1. The zero-order valence-electron chi connectivity index (χ0n) is 14.5.